The molecule has 3 nitrogen and oxygen atoms in total. The summed E-state index contributed by atoms with van der Waals surface area (Å²) >= 11 is 3.05. The fourth-order valence-electron chi connectivity index (χ4n) is 1.76. The van der Waals surface area contributed by atoms with Crippen LogP contribution in [0.4, 0.5) is 4.39 Å². The van der Waals surface area contributed by atoms with Gasteiger partial charge < -0.3 is 11.1 Å². The molecule has 1 fully saturated rings. The molecule has 0 spiro atoms. The highest BCUT2D eigenvalue weighted by Gasteiger charge is 2.31. The molecule has 0 saturated heterocycles. The van der Waals surface area contributed by atoms with E-state index in [9.17, 15) is 9.18 Å². The normalized spacial score (nSPS) is 16.6. The molecule has 0 bridgehead atoms. The first-order chi connectivity index (χ1) is 8.11. The molecule has 17 heavy (non-hydrogen) atoms. The van der Waals surface area contributed by atoms with Crippen molar-refractivity contribution in [3.63, 3.8) is 0 Å². The summed E-state index contributed by atoms with van der Waals surface area (Å²) in [6, 6.07) is 4.34. The van der Waals surface area contributed by atoms with E-state index >= 15 is 0 Å². The minimum absolute atomic E-state index is 0.00853. The van der Waals surface area contributed by atoms with Crippen molar-refractivity contribution in [2.75, 3.05) is 6.54 Å². The molecule has 92 valence electrons. The smallest absolute Gasteiger partial charge is 0.251 e. The number of hydrogen-bond acceptors (Lipinski definition) is 2. The van der Waals surface area contributed by atoms with Crippen LogP contribution in [0, 0.1) is 11.7 Å². The van der Waals surface area contributed by atoms with Gasteiger partial charge in [0.1, 0.15) is 5.82 Å². The van der Waals surface area contributed by atoms with Crippen molar-refractivity contribution in [3.8, 4) is 0 Å². The van der Waals surface area contributed by atoms with Crippen molar-refractivity contribution in [2.24, 2.45) is 11.7 Å². The summed E-state index contributed by atoms with van der Waals surface area (Å²) in [6.45, 7) is 0.426. The first-order valence-electron chi connectivity index (χ1n) is 5.58. The second kappa shape index (κ2) is 5.14. The summed E-state index contributed by atoms with van der Waals surface area (Å²) in [5.74, 6) is -0.212. The number of carbonyl (C=O) groups is 1. The molecule has 0 heterocycles. The van der Waals surface area contributed by atoms with Crippen molar-refractivity contribution in [3.05, 3.63) is 34.1 Å². The van der Waals surface area contributed by atoms with Gasteiger partial charge in [-0.1, -0.05) is 0 Å². The van der Waals surface area contributed by atoms with E-state index in [4.69, 9.17) is 5.73 Å². The van der Waals surface area contributed by atoms with Crippen LogP contribution in [-0.2, 0) is 0 Å². The Morgan fingerprint density at radius 2 is 2.29 bits per heavy atom. The highest BCUT2D eigenvalue weighted by Crippen LogP contribution is 2.32. The predicted molar refractivity (Wildman–Crippen MR) is 67.1 cm³/mol. The van der Waals surface area contributed by atoms with E-state index in [1.807, 2.05) is 0 Å². The first-order valence-corrected chi connectivity index (χ1v) is 6.37. The molecule has 0 aliphatic heterocycles. The number of nitrogens with one attached hydrogen (secondary N) is 1. The summed E-state index contributed by atoms with van der Waals surface area (Å²) in [5, 5.41) is 2.85. The Hall–Kier alpha value is -0.940. The number of halogens is 2. The number of rotatable bonds is 4. The van der Waals surface area contributed by atoms with Gasteiger partial charge in [0.2, 0.25) is 0 Å². The fourth-order valence-corrected chi connectivity index (χ4v) is 2.00. The van der Waals surface area contributed by atoms with Gasteiger partial charge in [-0.3, -0.25) is 4.79 Å². The molecule has 1 saturated carbocycles. The van der Waals surface area contributed by atoms with E-state index in [-0.39, 0.29) is 11.9 Å². The van der Waals surface area contributed by atoms with Crippen LogP contribution >= 0.6 is 15.9 Å². The standard InChI is InChI=1S/C12H14BrFN2O/c13-9-4-3-8(5-10(9)14)12(17)16-11(6-15)7-1-2-7/h3-5,7,11H,1-2,6,15H2,(H,16,17). The third kappa shape index (κ3) is 3.04. The van der Waals surface area contributed by atoms with Crippen LogP contribution in [0.25, 0.3) is 0 Å². The van der Waals surface area contributed by atoms with Gasteiger partial charge in [0.05, 0.1) is 4.47 Å². The topological polar surface area (TPSA) is 55.1 Å². The minimum Gasteiger partial charge on any atom is -0.348 e. The van der Waals surface area contributed by atoms with Crippen molar-refractivity contribution >= 4 is 21.8 Å². The maximum Gasteiger partial charge on any atom is 0.251 e. The summed E-state index contributed by atoms with van der Waals surface area (Å²) < 4.78 is 13.6. The zero-order chi connectivity index (χ0) is 12.4. The van der Waals surface area contributed by atoms with E-state index in [0.717, 1.165) is 12.8 Å². The Kier molecular flexibility index (Phi) is 3.79. The molecule has 1 aromatic rings. The highest BCUT2D eigenvalue weighted by molar-refractivity contribution is 9.10. The zero-order valence-corrected chi connectivity index (χ0v) is 10.8. The van der Waals surface area contributed by atoms with Gasteiger partial charge in [0, 0.05) is 18.2 Å². The highest BCUT2D eigenvalue weighted by atomic mass is 79.9. The lowest BCUT2D eigenvalue weighted by Crippen LogP contribution is -2.41. The van der Waals surface area contributed by atoms with Gasteiger partial charge in [0.25, 0.3) is 5.91 Å². The lowest BCUT2D eigenvalue weighted by Gasteiger charge is -2.16. The number of amides is 1. The van der Waals surface area contributed by atoms with Gasteiger partial charge in [-0.25, -0.2) is 4.39 Å². The number of nitrogens with two attached hydrogens (primary N) is 1. The molecule has 2 rings (SSSR count). The van der Waals surface area contributed by atoms with E-state index in [2.05, 4.69) is 21.2 Å². The predicted octanol–water partition coefficient (Wildman–Crippen LogP) is 2.06. The maximum absolute atomic E-state index is 13.3. The summed E-state index contributed by atoms with van der Waals surface area (Å²) in [5.41, 5.74) is 5.92. The Morgan fingerprint density at radius 1 is 1.59 bits per heavy atom. The second-order valence-corrected chi connectivity index (χ2v) is 5.14. The van der Waals surface area contributed by atoms with Crippen LogP contribution in [0.2, 0.25) is 0 Å². The van der Waals surface area contributed by atoms with E-state index in [0.29, 0.717) is 22.5 Å². The van der Waals surface area contributed by atoms with Gasteiger partial charge in [-0.15, -0.1) is 0 Å². The van der Waals surface area contributed by atoms with Crippen LogP contribution in [0.15, 0.2) is 22.7 Å². The maximum atomic E-state index is 13.3. The van der Waals surface area contributed by atoms with Crippen LogP contribution in [0.5, 0.6) is 0 Å². The molecule has 0 aromatic heterocycles. The number of benzene rings is 1. The molecule has 1 unspecified atom stereocenters. The molecule has 1 aromatic carbocycles. The summed E-state index contributed by atoms with van der Waals surface area (Å²) in [7, 11) is 0. The molecule has 3 N–H and O–H groups in total. The third-order valence-electron chi connectivity index (χ3n) is 2.94. The minimum atomic E-state index is -0.437. The molecule has 1 amide bonds. The Morgan fingerprint density at radius 3 is 2.82 bits per heavy atom. The third-order valence-corrected chi connectivity index (χ3v) is 3.59. The number of hydrogen-bond donors (Lipinski definition) is 2. The molecular weight excluding hydrogens is 287 g/mol. The lowest BCUT2D eigenvalue weighted by atomic mass is 10.1. The quantitative estimate of drug-likeness (QED) is 0.894. The Balaban J connectivity index is 2.05. The molecule has 5 heteroatoms. The molecule has 1 aliphatic rings. The summed E-state index contributed by atoms with van der Waals surface area (Å²) in [6.07, 6.45) is 2.22. The van der Waals surface area contributed by atoms with Crippen LogP contribution in [-0.4, -0.2) is 18.5 Å². The van der Waals surface area contributed by atoms with Crippen LogP contribution < -0.4 is 11.1 Å². The van der Waals surface area contributed by atoms with Gasteiger partial charge >= 0.3 is 0 Å². The van der Waals surface area contributed by atoms with Crippen LogP contribution in [0.3, 0.4) is 0 Å². The lowest BCUT2D eigenvalue weighted by molar-refractivity contribution is 0.0933. The second-order valence-electron chi connectivity index (χ2n) is 4.28. The molecule has 0 radical (unpaired) electrons. The summed E-state index contributed by atoms with van der Waals surface area (Å²) in [4.78, 5) is 11.9. The zero-order valence-electron chi connectivity index (χ0n) is 9.25. The average molecular weight is 301 g/mol. The largest absolute Gasteiger partial charge is 0.348 e. The van der Waals surface area contributed by atoms with Gasteiger partial charge in [0.15, 0.2) is 0 Å². The fraction of sp³-hybridized carbons (Fsp3) is 0.417. The monoisotopic (exact) mass is 300 g/mol. The van der Waals surface area contributed by atoms with Crippen molar-refractivity contribution in [2.45, 2.75) is 18.9 Å². The number of carbonyl (C=O) groups excluding carboxylic acids is 1. The first kappa shape index (κ1) is 12.5. The van der Waals surface area contributed by atoms with E-state index in [1.54, 1.807) is 6.07 Å². The Bertz CT molecular complexity index is 435. The molecule has 1 aliphatic carbocycles. The SMILES string of the molecule is NCC(NC(=O)c1ccc(Br)c(F)c1)C1CC1. The van der Waals surface area contributed by atoms with Gasteiger partial charge in [-0.05, 0) is 52.9 Å². The van der Waals surface area contributed by atoms with Crippen molar-refractivity contribution in [1.82, 2.24) is 5.32 Å². The van der Waals surface area contributed by atoms with E-state index < -0.39 is 5.82 Å². The van der Waals surface area contributed by atoms with Crippen LogP contribution in [0.1, 0.15) is 23.2 Å². The molecule has 1 atom stereocenters. The van der Waals surface area contributed by atoms with Gasteiger partial charge in [-0.2, -0.15) is 0 Å². The Labute approximate surface area is 108 Å². The van der Waals surface area contributed by atoms with E-state index in [1.165, 1.54) is 12.1 Å². The van der Waals surface area contributed by atoms with Crippen molar-refractivity contribution in [1.29, 1.82) is 0 Å². The molecular formula is C12H14BrFN2O. The van der Waals surface area contributed by atoms with Crippen molar-refractivity contribution < 1.29 is 9.18 Å². The average Bonchev–Trinajstić information content (AvgIpc) is 3.13.